The predicted molar refractivity (Wildman–Crippen MR) is 124 cm³/mol. The molecule has 37 heavy (non-hydrogen) atoms. The van der Waals surface area contributed by atoms with Crippen molar-refractivity contribution >= 4 is 32.7 Å². The molecule has 0 unspecified atom stereocenters. The van der Waals surface area contributed by atoms with Crippen molar-refractivity contribution in [2.45, 2.75) is 36.8 Å². The molecule has 11 heteroatoms. The smallest absolute Gasteiger partial charge is 0.240 e. The second-order valence-electron chi connectivity index (χ2n) is 8.86. The number of nitrogens with zero attached hydrogens (tertiary/aromatic N) is 1. The van der Waals surface area contributed by atoms with Crippen LogP contribution in [-0.2, 0) is 26.2 Å². The fourth-order valence-electron chi connectivity index (χ4n) is 4.41. The third kappa shape index (κ3) is 5.87. The van der Waals surface area contributed by atoms with Gasteiger partial charge in [0.25, 0.3) is 0 Å². The molecule has 1 aliphatic carbocycles. The number of carbonyl (C=O) groups excluding carboxylic acids is 2. The van der Waals surface area contributed by atoms with Gasteiger partial charge < -0.3 is 24.5 Å². The summed E-state index contributed by atoms with van der Waals surface area (Å²) in [5, 5.41) is 32.7. The molecular formula is C26H21FN2O7S-2. The Balaban J connectivity index is 1.48. The molecule has 1 saturated carbocycles. The zero-order chi connectivity index (χ0) is 26.7. The number of carboxylic acids is 2. The number of fused-ring (bicyclic) bond motifs is 1. The Bertz CT molecular complexity index is 1520. The Labute approximate surface area is 212 Å². The highest BCUT2D eigenvalue weighted by atomic mass is 32.2. The number of sulfonamides is 1. The van der Waals surface area contributed by atoms with Gasteiger partial charge in [-0.3, -0.25) is 0 Å². The second-order valence-corrected chi connectivity index (χ2v) is 10.6. The quantitative estimate of drug-likeness (QED) is 0.457. The third-order valence-corrected chi connectivity index (χ3v) is 7.95. The van der Waals surface area contributed by atoms with Crippen molar-refractivity contribution < 1.29 is 37.3 Å². The Morgan fingerprint density at radius 2 is 1.76 bits per heavy atom. The van der Waals surface area contributed by atoms with E-state index in [1.54, 1.807) is 24.3 Å². The van der Waals surface area contributed by atoms with Crippen LogP contribution in [0.3, 0.4) is 0 Å². The topological polar surface area (TPSA) is 159 Å². The van der Waals surface area contributed by atoms with E-state index in [2.05, 4.69) is 4.72 Å². The molecule has 1 N–H and O–H groups in total. The lowest BCUT2D eigenvalue weighted by Crippen LogP contribution is -2.52. The average molecular weight is 525 g/mol. The Morgan fingerprint density at radius 1 is 1.03 bits per heavy atom. The summed E-state index contributed by atoms with van der Waals surface area (Å²) < 4.78 is 48.1. The van der Waals surface area contributed by atoms with Crippen LogP contribution < -0.4 is 19.7 Å². The first-order valence-corrected chi connectivity index (χ1v) is 12.8. The molecular weight excluding hydrogens is 503 g/mol. The third-order valence-electron chi connectivity index (χ3n) is 6.46. The summed E-state index contributed by atoms with van der Waals surface area (Å²) >= 11 is 0. The van der Waals surface area contributed by atoms with Gasteiger partial charge in [0.15, 0.2) is 0 Å². The van der Waals surface area contributed by atoms with Crippen molar-refractivity contribution in [1.82, 2.24) is 4.72 Å². The van der Waals surface area contributed by atoms with E-state index in [0.29, 0.717) is 16.5 Å². The lowest BCUT2D eigenvalue weighted by atomic mass is 9.78. The van der Waals surface area contributed by atoms with E-state index >= 15 is 0 Å². The van der Waals surface area contributed by atoms with Gasteiger partial charge in [-0.15, -0.1) is 0 Å². The van der Waals surface area contributed by atoms with Crippen LogP contribution in [-0.4, -0.2) is 26.4 Å². The van der Waals surface area contributed by atoms with Gasteiger partial charge in [0.1, 0.15) is 18.2 Å². The summed E-state index contributed by atoms with van der Waals surface area (Å²) in [5.41, 5.74) is 0.475. The number of benzene rings is 3. The van der Waals surface area contributed by atoms with Crippen LogP contribution >= 0.6 is 0 Å². The maximum Gasteiger partial charge on any atom is 0.240 e. The second kappa shape index (κ2) is 10.5. The maximum absolute atomic E-state index is 14.1. The van der Waals surface area contributed by atoms with Crippen LogP contribution in [0.25, 0.3) is 10.8 Å². The van der Waals surface area contributed by atoms with Crippen LogP contribution in [0.2, 0.25) is 0 Å². The van der Waals surface area contributed by atoms with Crippen LogP contribution in [0.1, 0.15) is 30.4 Å². The van der Waals surface area contributed by atoms with Gasteiger partial charge >= 0.3 is 0 Å². The van der Waals surface area contributed by atoms with E-state index in [4.69, 9.17) is 10.00 Å². The molecule has 9 nitrogen and oxygen atoms in total. The number of rotatable bonds is 8. The minimum atomic E-state index is -4.12. The summed E-state index contributed by atoms with van der Waals surface area (Å²) in [5.74, 6) is -5.30. The van der Waals surface area contributed by atoms with Gasteiger partial charge in [-0.25, -0.2) is 17.5 Å². The highest BCUT2D eigenvalue weighted by molar-refractivity contribution is 7.89. The molecule has 1 fully saturated rings. The van der Waals surface area contributed by atoms with Gasteiger partial charge in [-0.1, -0.05) is 18.2 Å². The molecule has 0 heterocycles. The SMILES string of the molecule is N#Cc1ccc(COc2ccc3cc(S(=O)(=O)N[C@H]4CC[C@@H](C(=O)[O-])C[C@H]4C(=O)[O-])ccc3c2)c(F)c1. The number of aliphatic carboxylic acids is 2. The molecule has 0 bridgehead atoms. The first kappa shape index (κ1) is 26.1. The molecule has 0 spiro atoms. The van der Waals surface area contributed by atoms with Crippen molar-refractivity contribution in [3.05, 3.63) is 71.5 Å². The summed E-state index contributed by atoms with van der Waals surface area (Å²) in [7, 11) is -4.12. The van der Waals surface area contributed by atoms with Crippen LogP contribution in [0.4, 0.5) is 4.39 Å². The fourth-order valence-corrected chi connectivity index (χ4v) is 5.75. The van der Waals surface area contributed by atoms with Crippen molar-refractivity contribution in [2.75, 3.05) is 0 Å². The maximum atomic E-state index is 14.1. The lowest BCUT2D eigenvalue weighted by molar-refractivity contribution is -0.318. The van der Waals surface area contributed by atoms with E-state index in [0.717, 1.165) is 6.07 Å². The van der Waals surface area contributed by atoms with Gasteiger partial charge in [0.2, 0.25) is 10.0 Å². The number of nitriles is 1. The van der Waals surface area contributed by atoms with Crippen LogP contribution in [0.5, 0.6) is 5.75 Å². The molecule has 3 aromatic carbocycles. The van der Waals surface area contributed by atoms with Crippen molar-refractivity contribution in [2.24, 2.45) is 11.8 Å². The van der Waals surface area contributed by atoms with E-state index in [1.165, 1.54) is 24.3 Å². The number of hydrogen-bond donors (Lipinski definition) is 1. The van der Waals surface area contributed by atoms with Gasteiger partial charge in [-0.2, -0.15) is 5.26 Å². The standard InChI is InChI=1S/C26H23FN2O7S/c27-23-9-15(13-28)1-2-19(23)14-36-20-6-3-17-11-21(7-4-16(17)10-20)37(34,35)29-24-8-5-18(25(30)31)12-22(24)26(32)33/h1-4,6-7,9-11,18,22,24,29H,5,8,12,14H2,(H,30,31)(H,32,33)/p-2/t18-,22-,24+/m1/s1. The van der Waals surface area contributed by atoms with Gasteiger partial charge in [0.05, 0.1) is 16.5 Å². The van der Waals surface area contributed by atoms with Crippen molar-refractivity contribution in [1.29, 1.82) is 5.26 Å². The number of ether oxygens (including phenoxy) is 1. The molecule has 192 valence electrons. The summed E-state index contributed by atoms with van der Waals surface area (Å²) in [6.45, 7) is -0.0702. The highest BCUT2D eigenvalue weighted by Crippen LogP contribution is 2.31. The summed E-state index contributed by atoms with van der Waals surface area (Å²) in [4.78, 5) is 22.6. The first-order chi connectivity index (χ1) is 17.6. The van der Waals surface area contributed by atoms with Gasteiger partial charge in [-0.05, 0) is 72.4 Å². The number of carboxylic acid groups (broad SMARTS) is 2. The fraction of sp³-hybridized carbons (Fsp3) is 0.269. The molecule has 3 aromatic rings. The molecule has 4 rings (SSSR count). The van der Waals surface area contributed by atoms with E-state index in [9.17, 15) is 32.6 Å². The van der Waals surface area contributed by atoms with Crippen LogP contribution in [0, 0.1) is 29.0 Å². The van der Waals surface area contributed by atoms with Crippen LogP contribution in [0.15, 0.2) is 59.5 Å². The molecule has 1 aliphatic rings. The summed E-state index contributed by atoms with van der Waals surface area (Å²) in [6.07, 6.45) is -0.165. The minimum Gasteiger partial charge on any atom is -0.550 e. The van der Waals surface area contributed by atoms with E-state index in [1.807, 2.05) is 6.07 Å². The molecule has 0 aromatic heterocycles. The van der Waals surface area contributed by atoms with Gasteiger partial charge in [0, 0.05) is 29.5 Å². The molecule has 0 aliphatic heterocycles. The largest absolute Gasteiger partial charge is 0.550 e. The predicted octanol–water partition coefficient (Wildman–Crippen LogP) is 0.993. The van der Waals surface area contributed by atoms with Crippen molar-refractivity contribution in [3.63, 3.8) is 0 Å². The first-order valence-electron chi connectivity index (χ1n) is 11.4. The number of hydrogen-bond acceptors (Lipinski definition) is 8. The van der Waals surface area contributed by atoms with E-state index in [-0.39, 0.29) is 41.9 Å². The van der Waals surface area contributed by atoms with E-state index < -0.39 is 45.7 Å². The molecule has 0 radical (unpaired) electrons. The number of halogens is 1. The number of nitrogens with one attached hydrogen (secondary N) is 1. The molecule has 0 amide bonds. The zero-order valence-corrected chi connectivity index (χ0v) is 20.2. The Hall–Kier alpha value is -4.01. The molecule has 0 saturated heterocycles. The number of carbonyl (C=O) groups is 2. The average Bonchev–Trinajstić information content (AvgIpc) is 2.87. The normalized spacial score (nSPS) is 19.7. The minimum absolute atomic E-state index is 0.0185. The monoisotopic (exact) mass is 524 g/mol. The zero-order valence-electron chi connectivity index (χ0n) is 19.3. The lowest BCUT2D eigenvalue weighted by Gasteiger charge is -2.37. The molecule has 3 atom stereocenters. The Kier molecular flexibility index (Phi) is 7.42. The van der Waals surface area contributed by atoms with Crippen molar-refractivity contribution in [3.8, 4) is 11.8 Å². The highest BCUT2D eigenvalue weighted by Gasteiger charge is 2.34. The summed E-state index contributed by atoms with van der Waals surface area (Å²) in [6, 6.07) is 14.2. The Morgan fingerprint density at radius 3 is 2.43 bits per heavy atom.